The van der Waals surface area contributed by atoms with Crippen LogP contribution in [0.2, 0.25) is 5.02 Å². The second-order valence-electron chi connectivity index (χ2n) is 7.24. The van der Waals surface area contributed by atoms with Gasteiger partial charge in [-0.2, -0.15) is 5.10 Å². The fraction of sp³-hybridized carbons (Fsp3) is 0.364. The zero-order chi connectivity index (χ0) is 21.0. The highest BCUT2D eigenvalue weighted by Gasteiger charge is 2.14. The number of carbonyl (C=O) groups is 1. The Morgan fingerprint density at radius 3 is 2.83 bits per heavy atom. The number of ether oxygens (including phenoxy) is 1. The van der Waals surface area contributed by atoms with Crippen molar-refractivity contribution in [2.45, 2.75) is 53.3 Å². The van der Waals surface area contributed by atoms with Crippen LogP contribution in [0.3, 0.4) is 0 Å². The third kappa shape index (κ3) is 5.21. The van der Waals surface area contributed by atoms with Gasteiger partial charge in [0.2, 0.25) is 0 Å². The summed E-state index contributed by atoms with van der Waals surface area (Å²) in [5.74, 6) is 1.61. The second-order valence-corrected chi connectivity index (χ2v) is 7.64. The SMILES string of the molecule is CCn1cc(CNC(=O)c2ccc(COc3cc(C)c(Cl)cc3C(C)C)o2)cn1. The Balaban J connectivity index is 1.60. The van der Waals surface area contributed by atoms with Crippen LogP contribution in [0.1, 0.15) is 59.7 Å². The predicted octanol–water partition coefficient (Wildman–Crippen LogP) is 5.09. The zero-order valence-corrected chi connectivity index (χ0v) is 17.9. The molecule has 0 aliphatic carbocycles. The number of aryl methyl sites for hydroxylation is 2. The molecule has 0 radical (unpaired) electrons. The molecule has 0 spiro atoms. The van der Waals surface area contributed by atoms with E-state index in [2.05, 4.69) is 24.3 Å². The second kappa shape index (κ2) is 9.18. The minimum absolute atomic E-state index is 0.233. The van der Waals surface area contributed by atoms with Crippen LogP contribution in [0.5, 0.6) is 5.75 Å². The predicted molar refractivity (Wildman–Crippen MR) is 112 cm³/mol. The van der Waals surface area contributed by atoms with Crippen LogP contribution >= 0.6 is 11.6 Å². The molecule has 3 rings (SSSR count). The Hall–Kier alpha value is -2.73. The van der Waals surface area contributed by atoms with Gasteiger partial charge in [-0.15, -0.1) is 0 Å². The molecule has 0 unspecified atom stereocenters. The maximum atomic E-state index is 12.3. The molecule has 154 valence electrons. The molecule has 1 aromatic carbocycles. The molecule has 7 heteroatoms. The number of halogens is 1. The first kappa shape index (κ1) is 21.0. The quantitative estimate of drug-likeness (QED) is 0.556. The molecule has 0 aliphatic rings. The van der Waals surface area contributed by atoms with Crippen LogP contribution < -0.4 is 10.1 Å². The van der Waals surface area contributed by atoms with Gasteiger partial charge >= 0.3 is 0 Å². The number of amides is 1. The third-order valence-corrected chi connectivity index (χ3v) is 5.04. The van der Waals surface area contributed by atoms with Crippen LogP contribution in [-0.2, 0) is 19.7 Å². The average Bonchev–Trinajstić information content (AvgIpc) is 3.35. The van der Waals surface area contributed by atoms with E-state index < -0.39 is 0 Å². The van der Waals surface area contributed by atoms with E-state index in [-0.39, 0.29) is 24.2 Å². The summed E-state index contributed by atoms with van der Waals surface area (Å²) in [5, 5.41) is 7.75. The average molecular weight is 416 g/mol. The monoisotopic (exact) mass is 415 g/mol. The van der Waals surface area contributed by atoms with Gasteiger partial charge in [-0.3, -0.25) is 9.48 Å². The van der Waals surface area contributed by atoms with Gasteiger partial charge in [0.25, 0.3) is 5.91 Å². The molecule has 2 aromatic heterocycles. The third-order valence-electron chi connectivity index (χ3n) is 4.63. The maximum absolute atomic E-state index is 12.3. The van der Waals surface area contributed by atoms with Crippen LogP contribution in [0.4, 0.5) is 0 Å². The van der Waals surface area contributed by atoms with Crippen molar-refractivity contribution in [3.8, 4) is 5.75 Å². The fourth-order valence-electron chi connectivity index (χ4n) is 2.91. The number of hydrogen-bond donors (Lipinski definition) is 1. The fourth-order valence-corrected chi connectivity index (χ4v) is 3.09. The summed E-state index contributed by atoms with van der Waals surface area (Å²) in [7, 11) is 0. The topological polar surface area (TPSA) is 69.3 Å². The molecule has 1 N–H and O–H groups in total. The Morgan fingerprint density at radius 2 is 2.14 bits per heavy atom. The van der Waals surface area contributed by atoms with Crippen LogP contribution in [0, 0.1) is 6.92 Å². The molecule has 0 bridgehead atoms. The Kier molecular flexibility index (Phi) is 6.64. The summed E-state index contributed by atoms with van der Waals surface area (Å²) in [4.78, 5) is 12.3. The minimum atomic E-state index is -0.272. The van der Waals surface area contributed by atoms with E-state index in [0.29, 0.717) is 12.3 Å². The number of rotatable bonds is 8. The van der Waals surface area contributed by atoms with E-state index in [0.717, 1.165) is 34.0 Å². The van der Waals surface area contributed by atoms with Crippen molar-refractivity contribution in [2.24, 2.45) is 0 Å². The lowest BCUT2D eigenvalue weighted by Gasteiger charge is -2.15. The van der Waals surface area contributed by atoms with E-state index in [1.807, 2.05) is 36.9 Å². The maximum Gasteiger partial charge on any atom is 0.287 e. The number of furan rings is 1. The van der Waals surface area contributed by atoms with Gasteiger partial charge in [0.05, 0.1) is 6.20 Å². The summed E-state index contributed by atoms with van der Waals surface area (Å²) < 4.78 is 13.4. The Labute approximate surface area is 175 Å². The van der Waals surface area contributed by atoms with Crippen molar-refractivity contribution in [1.82, 2.24) is 15.1 Å². The molecule has 1 amide bonds. The lowest BCUT2D eigenvalue weighted by atomic mass is 10.0. The highest BCUT2D eigenvalue weighted by molar-refractivity contribution is 6.31. The first-order valence-corrected chi connectivity index (χ1v) is 10.1. The van der Waals surface area contributed by atoms with Crippen molar-refractivity contribution in [3.05, 3.63) is 69.9 Å². The molecule has 0 atom stereocenters. The first-order chi connectivity index (χ1) is 13.9. The van der Waals surface area contributed by atoms with E-state index >= 15 is 0 Å². The lowest BCUT2D eigenvalue weighted by Crippen LogP contribution is -2.22. The molecule has 0 saturated carbocycles. The normalized spacial score (nSPS) is 11.1. The van der Waals surface area contributed by atoms with Gasteiger partial charge in [0.1, 0.15) is 18.1 Å². The number of nitrogens with zero attached hydrogens (tertiary/aromatic N) is 2. The number of benzene rings is 1. The van der Waals surface area contributed by atoms with E-state index in [1.54, 1.807) is 18.3 Å². The van der Waals surface area contributed by atoms with Gasteiger partial charge in [-0.1, -0.05) is 25.4 Å². The highest BCUT2D eigenvalue weighted by atomic mass is 35.5. The number of hydrogen-bond acceptors (Lipinski definition) is 4. The summed E-state index contributed by atoms with van der Waals surface area (Å²) in [6.45, 7) is 9.56. The number of nitrogens with one attached hydrogen (secondary N) is 1. The highest BCUT2D eigenvalue weighted by Crippen LogP contribution is 2.32. The van der Waals surface area contributed by atoms with E-state index in [9.17, 15) is 4.79 Å². The number of aromatic nitrogens is 2. The van der Waals surface area contributed by atoms with Crippen LogP contribution in [-0.4, -0.2) is 15.7 Å². The summed E-state index contributed by atoms with van der Waals surface area (Å²) in [5.41, 5.74) is 2.93. The summed E-state index contributed by atoms with van der Waals surface area (Å²) in [6, 6.07) is 7.28. The summed E-state index contributed by atoms with van der Waals surface area (Å²) >= 11 is 6.25. The van der Waals surface area contributed by atoms with Crippen LogP contribution in [0.15, 0.2) is 41.1 Å². The van der Waals surface area contributed by atoms with Gasteiger partial charge in [0.15, 0.2) is 5.76 Å². The number of carbonyl (C=O) groups excluding carboxylic acids is 1. The molecule has 0 aliphatic heterocycles. The van der Waals surface area contributed by atoms with Crippen molar-refractivity contribution in [2.75, 3.05) is 0 Å². The standard InChI is InChI=1S/C22H26ClN3O3/c1-5-26-12-16(11-25-26)10-24-22(27)20-7-6-17(29-20)13-28-21-8-15(4)19(23)9-18(21)14(2)3/h6-9,11-12,14H,5,10,13H2,1-4H3,(H,24,27). The molecular formula is C22H26ClN3O3. The smallest absolute Gasteiger partial charge is 0.287 e. The molecule has 6 nitrogen and oxygen atoms in total. The molecule has 2 heterocycles. The van der Waals surface area contributed by atoms with Crippen molar-refractivity contribution in [3.63, 3.8) is 0 Å². The van der Waals surface area contributed by atoms with Crippen molar-refractivity contribution >= 4 is 17.5 Å². The van der Waals surface area contributed by atoms with Gasteiger partial charge in [-0.25, -0.2) is 0 Å². The van der Waals surface area contributed by atoms with Gasteiger partial charge in [0, 0.05) is 29.9 Å². The minimum Gasteiger partial charge on any atom is -0.485 e. The Morgan fingerprint density at radius 1 is 1.34 bits per heavy atom. The van der Waals surface area contributed by atoms with E-state index in [1.165, 1.54) is 0 Å². The van der Waals surface area contributed by atoms with Gasteiger partial charge in [-0.05, 0) is 55.2 Å². The largest absolute Gasteiger partial charge is 0.485 e. The molecule has 0 fully saturated rings. The van der Waals surface area contributed by atoms with E-state index in [4.69, 9.17) is 20.8 Å². The molecular weight excluding hydrogens is 390 g/mol. The first-order valence-electron chi connectivity index (χ1n) is 9.68. The van der Waals surface area contributed by atoms with Gasteiger partial charge < -0.3 is 14.5 Å². The zero-order valence-electron chi connectivity index (χ0n) is 17.2. The van der Waals surface area contributed by atoms with Crippen LogP contribution in [0.25, 0.3) is 0 Å². The molecule has 3 aromatic rings. The summed E-state index contributed by atoms with van der Waals surface area (Å²) in [6.07, 6.45) is 3.65. The van der Waals surface area contributed by atoms with Crippen molar-refractivity contribution in [1.29, 1.82) is 0 Å². The Bertz CT molecular complexity index is 991. The van der Waals surface area contributed by atoms with Crippen molar-refractivity contribution < 1.29 is 13.9 Å². The molecule has 0 saturated heterocycles. The lowest BCUT2D eigenvalue weighted by molar-refractivity contribution is 0.0919. The molecule has 29 heavy (non-hydrogen) atoms.